The Morgan fingerprint density at radius 3 is 1.28 bits per heavy atom. The Bertz CT molecular complexity index is 813. The Morgan fingerprint density at radius 2 is 0.920 bits per heavy atom. The highest BCUT2D eigenvalue weighted by molar-refractivity contribution is 5.79. The van der Waals surface area contributed by atoms with Crippen LogP contribution in [0.15, 0.2) is 54.6 Å². The molecule has 0 saturated carbocycles. The number of hydrogen-bond acceptors (Lipinski definition) is 3. The summed E-state index contributed by atoms with van der Waals surface area (Å²) in [5.74, 6) is 0.657. The minimum absolute atomic E-state index is 0.329. The predicted octanol–water partition coefficient (Wildman–Crippen LogP) is 5.80. The highest BCUT2D eigenvalue weighted by Crippen LogP contribution is 2.39. The molecule has 25 heavy (non-hydrogen) atoms. The topological polar surface area (TPSA) is 43.7 Å². The van der Waals surface area contributed by atoms with Crippen LogP contribution in [0, 0.1) is 27.7 Å². The molecule has 128 valence electrons. The predicted molar refractivity (Wildman–Crippen MR) is 103 cm³/mol. The summed E-state index contributed by atoms with van der Waals surface area (Å²) in [4.78, 5) is 2.14. The molecule has 3 rings (SSSR count). The molecule has 0 atom stereocenters. The molecule has 0 fully saturated rings. The van der Waals surface area contributed by atoms with Crippen molar-refractivity contribution in [3.63, 3.8) is 0 Å². The fourth-order valence-electron chi connectivity index (χ4n) is 3.15. The monoisotopic (exact) mass is 333 g/mol. The summed E-state index contributed by atoms with van der Waals surface area (Å²) in [6, 6.07) is 18.0. The number of benzene rings is 3. The molecular weight excluding hydrogens is 310 g/mol. The zero-order valence-electron chi connectivity index (χ0n) is 15.0. The summed E-state index contributed by atoms with van der Waals surface area (Å²) in [7, 11) is 0. The lowest BCUT2D eigenvalue weighted by Gasteiger charge is -2.27. The van der Waals surface area contributed by atoms with Gasteiger partial charge in [-0.1, -0.05) is 18.2 Å². The molecule has 3 nitrogen and oxygen atoms in total. The Kier molecular flexibility index (Phi) is 4.41. The van der Waals surface area contributed by atoms with Crippen molar-refractivity contribution >= 4 is 17.1 Å². The molecule has 0 heterocycles. The highest BCUT2D eigenvalue weighted by Gasteiger charge is 2.16. The molecule has 0 spiro atoms. The Hall–Kier alpha value is -2.94. The van der Waals surface area contributed by atoms with Crippen LogP contribution in [0.3, 0.4) is 0 Å². The van der Waals surface area contributed by atoms with E-state index in [2.05, 4.69) is 17.0 Å². The zero-order chi connectivity index (χ0) is 18.1. The van der Waals surface area contributed by atoms with Gasteiger partial charge >= 0.3 is 0 Å². The summed E-state index contributed by atoms with van der Waals surface area (Å²) >= 11 is 0. The van der Waals surface area contributed by atoms with Crippen LogP contribution in [0.5, 0.6) is 11.5 Å². The van der Waals surface area contributed by atoms with Gasteiger partial charge in [-0.05, 0) is 86.3 Å². The smallest absolute Gasteiger partial charge is 0.121 e. The Morgan fingerprint density at radius 1 is 0.560 bits per heavy atom. The average molecular weight is 333 g/mol. The summed E-state index contributed by atoms with van der Waals surface area (Å²) in [6.07, 6.45) is 0. The molecule has 2 N–H and O–H groups in total. The first-order valence-electron chi connectivity index (χ1n) is 8.34. The van der Waals surface area contributed by atoms with E-state index in [1.54, 1.807) is 0 Å². The van der Waals surface area contributed by atoms with Crippen molar-refractivity contribution < 1.29 is 10.2 Å². The number of nitrogens with zero attached hydrogens (tertiary/aromatic N) is 1. The van der Waals surface area contributed by atoms with E-state index in [1.165, 1.54) is 0 Å². The van der Waals surface area contributed by atoms with E-state index in [9.17, 15) is 10.2 Å². The molecule has 0 amide bonds. The summed E-state index contributed by atoms with van der Waals surface area (Å²) in [5.41, 5.74) is 6.32. The molecule has 3 aromatic carbocycles. The third kappa shape index (κ3) is 3.18. The lowest BCUT2D eigenvalue weighted by atomic mass is 10.0. The van der Waals surface area contributed by atoms with Gasteiger partial charge in [-0.25, -0.2) is 0 Å². The quantitative estimate of drug-likeness (QED) is 0.636. The number of aryl methyl sites for hydroxylation is 4. The first-order valence-corrected chi connectivity index (χ1v) is 8.34. The van der Waals surface area contributed by atoms with Crippen LogP contribution >= 0.6 is 0 Å². The van der Waals surface area contributed by atoms with Crippen molar-refractivity contribution in [3.8, 4) is 11.5 Å². The molecule has 0 saturated heterocycles. The molecule has 0 unspecified atom stereocenters. The van der Waals surface area contributed by atoms with Gasteiger partial charge in [-0.15, -0.1) is 0 Å². The normalized spacial score (nSPS) is 10.7. The maximum Gasteiger partial charge on any atom is 0.121 e. The van der Waals surface area contributed by atoms with Gasteiger partial charge in [0.15, 0.2) is 0 Å². The van der Waals surface area contributed by atoms with E-state index < -0.39 is 0 Å². The van der Waals surface area contributed by atoms with Gasteiger partial charge in [0.05, 0.1) is 0 Å². The van der Waals surface area contributed by atoms with Crippen LogP contribution in [0.4, 0.5) is 17.1 Å². The molecule has 3 aromatic rings. The zero-order valence-corrected chi connectivity index (χ0v) is 15.0. The number of phenolic OH excluding ortho intramolecular Hbond substituents is 2. The summed E-state index contributed by atoms with van der Waals surface area (Å²) in [6.45, 7) is 7.62. The molecular formula is C22H23NO2. The maximum atomic E-state index is 10.1. The van der Waals surface area contributed by atoms with Gasteiger partial charge in [-0.3, -0.25) is 0 Å². The van der Waals surface area contributed by atoms with Crippen molar-refractivity contribution in [2.45, 2.75) is 27.7 Å². The van der Waals surface area contributed by atoms with Crippen LogP contribution in [0.25, 0.3) is 0 Å². The number of aromatic hydroxyl groups is 2. The first kappa shape index (κ1) is 16.9. The SMILES string of the molecule is Cc1cc(N(c2ccccc2)c2cc(C)c(O)c(C)c2)cc(C)c1O. The van der Waals surface area contributed by atoms with Gasteiger partial charge in [0.2, 0.25) is 0 Å². The van der Waals surface area contributed by atoms with Crippen LogP contribution < -0.4 is 4.90 Å². The molecule has 0 aliphatic heterocycles. The van der Waals surface area contributed by atoms with E-state index in [-0.39, 0.29) is 0 Å². The molecule has 0 aliphatic carbocycles. The number of hydrogen-bond donors (Lipinski definition) is 2. The van der Waals surface area contributed by atoms with E-state index in [1.807, 2.05) is 70.2 Å². The second-order valence-corrected chi connectivity index (χ2v) is 6.53. The van der Waals surface area contributed by atoms with Gasteiger partial charge in [-0.2, -0.15) is 0 Å². The van der Waals surface area contributed by atoms with E-state index >= 15 is 0 Å². The molecule has 0 radical (unpaired) electrons. The Labute approximate surface area is 148 Å². The van der Waals surface area contributed by atoms with Crippen molar-refractivity contribution in [2.24, 2.45) is 0 Å². The van der Waals surface area contributed by atoms with Crippen molar-refractivity contribution in [1.29, 1.82) is 0 Å². The fourth-order valence-corrected chi connectivity index (χ4v) is 3.15. The largest absolute Gasteiger partial charge is 0.507 e. The van der Waals surface area contributed by atoms with Crippen LogP contribution in [0.2, 0.25) is 0 Å². The number of anilines is 3. The lowest BCUT2D eigenvalue weighted by Crippen LogP contribution is -2.11. The van der Waals surface area contributed by atoms with E-state index in [0.717, 1.165) is 39.3 Å². The van der Waals surface area contributed by atoms with Crippen molar-refractivity contribution in [3.05, 3.63) is 76.9 Å². The molecule has 0 bridgehead atoms. The van der Waals surface area contributed by atoms with Crippen LogP contribution in [0.1, 0.15) is 22.3 Å². The molecule has 0 aliphatic rings. The fraction of sp³-hybridized carbons (Fsp3) is 0.182. The summed E-state index contributed by atoms with van der Waals surface area (Å²) < 4.78 is 0. The van der Waals surface area contributed by atoms with Gasteiger partial charge in [0.1, 0.15) is 11.5 Å². The lowest BCUT2D eigenvalue weighted by molar-refractivity contribution is 0.467. The number of rotatable bonds is 3. The number of para-hydroxylation sites is 1. The van der Waals surface area contributed by atoms with E-state index in [4.69, 9.17) is 0 Å². The minimum Gasteiger partial charge on any atom is -0.507 e. The number of phenols is 2. The third-order valence-corrected chi connectivity index (χ3v) is 4.48. The van der Waals surface area contributed by atoms with Crippen LogP contribution in [-0.4, -0.2) is 10.2 Å². The third-order valence-electron chi connectivity index (χ3n) is 4.48. The second kappa shape index (κ2) is 6.52. The van der Waals surface area contributed by atoms with Crippen molar-refractivity contribution in [2.75, 3.05) is 4.90 Å². The summed E-state index contributed by atoms with van der Waals surface area (Å²) in [5, 5.41) is 20.3. The van der Waals surface area contributed by atoms with Gasteiger partial charge < -0.3 is 15.1 Å². The minimum atomic E-state index is 0.329. The van der Waals surface area contributed by atoms with E-state index in [0.29, 0.717) is 11.5 Å². The second-order valence-electron chi connectivity index (χ2n) is 6.53. The van der Waals surface area contributed by atoms with Gasteiger partial charge in [0.25, 0.3) is 0 Å². The van der Waals surface area contributed by atoms with Crippen LogP contribution in [-0.2, 0) is 0 Å². The molecule has 0 aromatic heterocycles. The first-order chi connectivity index (χ1) is 11.9. The standard InChI is InChI=1S/C22H23NO2/c1-14-10-19(11-15(2)21(14)24)23(18-8-6-5-7-9-18)20-12-16(3)22(25)17(4)13-20/h5-13,24-25H,1-4H3. The highest BCUT2D eigenvalue weighted by atomic mass is 16.3. The Balaban J connectivity index is 2.25. The molecule has 3 heteroatoms. The average Bonchev–Trinajstić information content (AvgIpc) is 2.58. The maximum absolute atomic E-state index is 10.1. The van der Waals surface area contributed by atoms with Gasteiger partial charge in [0, 0.05) is 17.1 Å². The van der Waals surface area contributed by atoms with Crippen molar-refractivity contribution in [1.82, 2.24) is 0 Å².